The average Bonchev–Trinajstić information content (AvgIpc) is 3.54. The molecule has 0 radical (unpaired) electrons. The molecule has 2 heterocycles. The maximum atomic E-state index is 13.1. The number of hydrogen-bond donors (Lipinski definition) is 1. The number of aromatic nitrogens is 1. The van der Waals surface area contributed by atoms with E-state index >= 15 is 0 Å². The lowest BCUT2D eigenvalue weighted by molar-refractivity contribution is -0.136. The van der Waals surface area contributed by atoms with E-state index in [0.717, 1.165) is 41.1 Å². The molecule has 1 saturated carbocycles. The Morgan fingerprint density at radius 2 is 1.97 bits per heavy atom. The number of fused-ring (bicyclic) bond motifs is 1. The molecule has 5 rings (SSSR count). The van der Waals surface area contributed by atoms with Gasteiger partial charge in [-0.3, -0.25) is 9.59 Å². The van der Waals surface area contributed by atoms with Crippen LogP contribution in [0.1, 0.15) is 64.9 Å². The van der Waals surface area contributed by atoms with Crippen LogP contribution in [0.25, 0.3) is 0 Å². The summed E-state index contributed by atoms with van der Waals surface area (Å²) in [7, 11) is 0. The van der Waals surface area contributed by atoms with Crippen LogP contribution >= 0.6 is 11.3 Å². The van der Waals surface area contributed by atoms with Gasteiger partial charge in [-0.15, -0.1) is 11.3 Å². The van der Waals surface area contributed by atoms with E-state index in [-0.39, 0.29) is 23.8 Å². The van der Waals surface area contributed by atoms with Gasteiger partial charge in [-0.1, -0.05) is 50.2 Å². The first-order valence-corrected chi connectivity index (χ1v) is 12.7. The van der Waals surface area contributed by atoms with Crippen molar-refractivity contribution in [1.82, 2.24) is 15.2 Å². The van der Waals surface area contributed by atoms with E-state index in [4.69, 9.17) is 4.74 Å². The number of carbonyl (C=O) groups is 2. The second-order valence-electron chi connectivity index (χ2n) is 9.27. The molecule has 2 amide bonds. The van der Waals surface area contributed by atoms with E-state index in [1.165, 1.54) is 16.9 Å². The molecule has 0 saturated heterocycles. The lowest BCUT2D eigenvalue weighted by atomic mass is 9.87. The largest absolute Gasteiger partial charge is 0.486 e. The minimum Gasteiger partial charge on any atom is -0.486 e. The van der Waals surface area contributed by atoms with Crippen molar-refractivity contribution in [1.29, 1.82) is 0 Å². The molecule has 1 aliphatic heterocycles. The minimum atomic E-state index is -0.138. The number of nitrogens with one attached hydrogen (secondary N) is 1. The zero-order chi connectivity index (χ0) is 23.7. The first kappa shape index (κ1) is 22.6. The summed E-state index contributed by atoms with van der Waals surface area (Å²) in [6.07, 6.45) is 2.92. The standard InChI is InChI=1S/C27H29N3O3S/c1-17(2)27(32)30-13-12-18-8-11-21(14-22(18)25(30)19-6-4-3-5-7-19)33-15-24-29-23(16-34-24)26(31)28-20-9-10-20/h3-8,11,14,16-17,20,25H,9-10,12-13,15H2,1-2H3,(H,28,31)/t25-/m0/s1. The second-order valence-corrected chi connectivity index (χ2v) is 10.2. The summed E-state index contributed by atoms with van der Waals surface area (Å²) >= 11 is 1.43. The number of ether oxygens (including phenoxy) is 1. The molecular formula is C27H29N3O3S. The highest BCUT2D eigenvalue weighted by Gasteiger charge is 2.33. The molecule has 7 heteroatoms. The molecule has 1 atom stereocenters. The van der Waals surface area contributed by atoms with E-state index in [0.29, 0.717) is 24.9 Å². The number of rotatable bonds is 7. The van der Waals surface area contributed by atoms with Crippen molar-refractivity contribution in [2.75, 3.05) is 6.54 Å². The van der Waals surface area contributed by atoms with Crippen molar-refractivity contribution < 1.29 is 14.3 Å². The van der Waals surface area contributed by atoms with Crippen molar-refractivity contribution in [3.8, 4) is 5.75 Å². The van der Waals surface area contributed by atoms with Crippen molar-refractivity contribution in [3.05, 3.63) is 81.3 Å². The van der Waals surface area contributed by atoms with Gasteiger partial charge in [-0.05, 0) is 48.1 Å². The van der Waals surface area contributed by atoms with E-state index in [9.17, 15) is 9.59 Å². The summed E-state index contributed by atoms with van der Waals surface area (Å²) in [4.78, 5) is 31.7. The summed E-state index contributed by atoms with van der Waals surface area (Å²) < 4.78 is 6.08. The van der Waals surface area contributed by atoms with Crippen molar-refractivity contribution in [2.24, 2.45) is 5.92 Å². The third-order valence-electron chi connectivity index (χ3n) is 6.30. The van der Waals surface area contributed by atoms with Crippen LogP contribution in [0.4, 0.5) is 0 Å². The Bertz CT molecular complexity index is 1190. The van der Waals surface area contributed by atoms with Gasteiger partial charge in [0.05, 0.1) is 6.04 Å². The van der Waals surface area contributed by atoms with Gasteiger partial charge in [-0.25, -0.2) is 4.98 Å². The first-order valence-electron chi connectivity index (χ1n) is 11.9. The van der Waals surface area contributed by atoms with Gasteiger partial charge in [0.25, 0.3) is 5.91 Å². The highest BCUT2D eigenvalue weighted by Crippen LogP contribution is 2.38. The smallest absolute Gasteiger partial charge is 0.270 e. The van der Waals surface area contributed by atoms with E-state index in [2.05, 4.69) is 34.6 Å². The lowest BCUT2D eigenvalue weighted by Gasteiger charge is -2.39. The Morgan fingerprint density at radius 3 is 2.71 bits per heavy atom. The fraction of sp³-hybridized carbons (Fsp3) is 0.370. The van der Waals surface area contributed by atoms with Crippen LogP contribution in [0.15, 0.2) is 53.9 Å². The predicted octanol–water partition coefficient (Wildman–Crippen LogP) is 4.74. The zero-order valence-corrected chi connectivity index (χ0v) is 20.3. The minimum absolute atomic E-state index is 0.0663. The number of carbonyl (C=O) groups excluding carboxylic acids is 2. The van der Waals surface area contributed by atoms with Crippen LogP contribution < -0.4 is 10.1 Å². The zero-order valence-electron chi connectivity index (χ0n) is 19.5. The van der Waals surface area contributed by atoms with Crippen LogP contribution in [-0.4, -0.2) is 34.3 Å². The molecule has 6 nitrogen and oxygen atoms in total. The fourth-order valence-electron chi connectivity index (χ4n) is 4.36. The summed E-state index contributed by atoms with van der Waals surface area (Å²) in [6.45, 7) is 4.90. The maximum Gasteiger partial charge on any atom is 0.270 e. The van der Waals surface area contributed by atoms with Crippen LogP contribution in [-0.2, 0) is 17.8 Å². The number of thiazole rings is 1. The average molecular weight is 476 g/mol. The van der Waals surface area contributed by atoms with Gasteiger partial charge < -0.3 is 15.0 Å². The highest BCUT2D eigenvalue weighted by atomic mass is 32.1. The van der Waals surface area contributed by atoms with Gasteiger partial charge in [-0.2, -0.15) is 0 Å². The molecule has 0 bridgehead atoms. The lowest BCUT2D eigenvalue weighted by Crippen LogP contribution is -2.42. The van der Waals surface area contributed by atoms with E-state index in [1.54, 1.807) is 5.38 Å². The normalized spacial score (nSPS) is 17.4. The van der Waals surface area contributed by atoms with Gasteiger partial charge in [0.2, 0.25) is 5.91 Å². The Labute approximate surface area is 204 Å². The molecule has 1 aromatic heterocycles. The summed E-state index contributed by atoms with van der Waals surface area (Å²) in [5.74, 6) is 0.714. The third kappa shape index (κ3) is 4.85. The summed E-state index contributed by atoms with van der Waals surface area (Å²) in [6, 6.07) is 16.5. The highest BCUT2D eigenvalue weighted by molar-refractivity contribution is 7.09. The van der Waals surface area contributed by atoms with E-state index < -0.39 is 0 Å². The molecule has 1 aliphatic carbocycles. The molecule has 2 aromatic carbocycles. The Hall–Kier alpha value is -3.19. The molecule has 0 unspecified atom stereocenters. The Balaban J connectivity index is 1.36. The van der Waals surface area contributed by atoms with E-state index in [1.807, 2.05) is 43.0 Å². The molecule has 0 spiro atoms. The molecule has 1 N–H and O–H groups in total. The number of amides is 2. The Morgan fingerprint density at radius 1 is 1.18 bits per heavy atom. The fourth-order valence-corrected chi connectivity index (χ4v) is 5.05. The van der Waals surface area contributed by atoms with Gasteiger partial charge >= 0.3 is 0 Å². The maximum absolute atomic E-state index is 13.1. The number of nitrogens with zero attached hydrogens (tertiary/aromatic N) is 2. The van der Waals surface area contributed by atoms with Gasteiger partial charge in [0.1, 0.15) is 23.1 Å². The van der Waals surface area contributed by atoms with Crippen LogP contribution in [0.2, 0.25) is 0 Å². The van der Waals surface area contributed by atoms with Crippen LogP contribution in [0.3, 0.4) is 0 Å². The topological polar surface area (TPSA) is 71.5 Å². The SMILES string of the molecule is CC(C)C(=O)N1CCc2ccc(OCc3nc(C(=O)NC4CC4)cs3)cc2[C@@H]1c1ccccc1. The quantitative estimate of drug-likeness (QED) is 0.536. The monoisotopic (exact) mass is 475 g/mol. The summed E-state index contributed by atoms with van der Waals surface area (Å²) in [5.41, 5.74) is 3.89. The third-order valence-corrected chi connectivity index (χ3v) is 7.12. The molecular weight excluding hydrogens is 446 g/mol. The van der Waals surface area contributed by atoms with Crippen LogP contribution in [0.5, 0.6) is 5.75 Å². The van der Waals surface area contributed by atoms with Gasteiger partial charge in [0, 0.05) is 23.9 Å². The second kappa shape index (κ2) is 9.58. The van der Waals surface area contributed by atoms with Crippen LogP contribution in [0, 0.1) is 5.92 Å². The molecule has 176 valence electrons. The van der Waals surface area contributed by atoms with Crippen molar-refractivity contribution >= 4 is 23.2 Å². The number of benzene rings is 2. The molecule has 34 heavy (non-hydrogen) atoms. The molecule has 2 aliphatic rings. The first-order chi connectivity index (χ1) is 16.5. The number of hydrogen-bond acceptors (Lipinski definition) is 5. The Kier molecular flexibility index (Phi) is 6.37. The summed E-state index contributed by atoms with van der Waals surface area (Å²) in [5, 5.41) is 5.51. The molecule has 3 aromatic rings. The molecule has 1 fully saturated rings. The van der Waals surface area contributed by atoms with Crippen molar-refractivity contribution in [3.63, 3.8) is 0 Å². The predicted molar refractivity (Wildman–Crippen MR) is 132 cm³/mol. The van der Waals surface area contributed by atoms with Crippen molar-refractivity contribution in [2.45, 2.75) is 51.8 Å². The van der Waals surface area contributed by atoms with Gasteiger partial charge in [0.15, 0.2) is 0 Å².